The van der Waals surface area contributed by atoms with Gasteiger partial charge in [-0.2, -0.15) is 0 Å². The van der Waals surface area contributed by atoms with E-state index in [1.807, 2.05) is 31.2 Å². The molecule has 0 unspecified atom stereocenters. The minimum absolute atomic E-state index is 0.163. The first kappa shape index (κ1) is 24.0. The summed E-state index contributed by atoms with van der Waals surface area (Å²) >= 11 is 7.73. The van der Waals surface area contributed by atoms with Gasteiger partial charge in [-0.1, -0.05) is 11.6 Å². The minimum Gasteiger partial charge on any atom is -0.497 e. The van der Waals surface area contributed by atoms with Crippen LogP contribution in [0.2, 0.25) is 5.02 Å². The fourth-order valence-corrected chi connectivity index (χ4v) is 4.19. The number of thioether (sulfide) groups is 1. The van der Waals surface area contributed by atoms with Crippen molar-refractivity contribution in [3.63, 3.8) is 0 Å². The quantitative estimate of drug-likeness (QED) is 0.474. The van der Waals surface area contributed by atoms with E-state index >= 15 is 0 Å². The van der Waals surface area contributed by atoms with Gasteiger partial charge in [0.1, 0.15) is 5.75 Å². The van der Waals surface area contributed by atoms with Crippen LogP contribution in [0.5, 0.6) is 17.2 Å². The Labute approximate surface area is 197 Å². The van der Waals surface area contributed by atoms with Crippen LogP contribution in [0.4, 0.5) is 5.69 Å². The number of halogens is 1. The molecule has 1 aliphatic heterocycles. The molecule has 1 saturated heterocycles. The third-order valence-electron chi connectivity index (χ3n) is 4.57. The number of rotatable bonds is 9. The molecule has 0 aromatic heterocycles. The molecule has 0 atom stereocenters. The van der Waals surface area contributed by atoms with E-state index in [0.29, 0.717) is 57.6 Å². The summed E-state index contributed by atoms with van der Waals surface area (Å²) in [6, 6.07) is 10.8. The van der Waals surface area contributed by atoms with Crippen LogP contribution in [0.3, 0.4) is 0 Å². The largest absolute Gasteiger partial charge is 0.497 e. The lowest BCUT2D eigenvalue weighted by molar-refractivity contribution is -0.122. The third-order valence-corrected chi connectivity index (χ3v) is 5.91. The molecule has 2 aromatic carbocycles. The topological polar surface area (TPSA) is 69.6 Å². The molecule has 9 heteroatoms. The van der Waals surface area contributed by atoms with Crippen molar-refractivity contribution in [1.29, 1.82) is 0 Å². The molecule has 7 nitrogen and oxygen atoms in total. The molecule has 1 fully saturated rings. The van der Waals surface area contributed by atoms with Gasteiger partial charge >= 0.3 is 0 Å². The van der Waals surface area contributed by atoms with Gasteiger partial charge in [0, 0.05) is 13.2 Å². The Kier molecular flexibility index (Phi) is 8.44. The highest BCUT2D eigenvalue weighted by Crippen LogP contribution is 2.38. The Morgan fingerprint density at radius 1 is 1.09 bits per heavy atom. The number of methoxy groups -OCH3 is 3. The monoisotopic (exact) mass is 476 g/mol. The van der Waals surface area contributed by atoms with Crippen LogP contribution in [0.25, 0.3) is 6.08 Å². The lowest BCUT2D eigenvalue weighted by Gasteiger charge is -2.14. The maximum Gasteiger partial charge on any atom is 0.266 e. The van der Waals surface area contributed by atoms with Crippen molar-refractivity contribution in [1.82, 2.24) is 4.90 Å². The maximum absolute atomic E-state index is 13.1. The fourth-order valence-electron chi connectivity index (χ4n) is 2.97. The van der Waals surface area contributed by atoms with Crippen LogP contribution in [-0.2, 0) is 9.53 Å². The molecule has 0 spiro atoms. The van der Waals surface area contributed by atoms with Crippen molar-refractivity contribution in [3.8, 4) is 17.2 Å². The molecule has 0 aliphatic carbocycles. The molecule has 0 N–H and O–H groups in total. The van der Waals surface area contributed by atoms with E-state index in [9.17, 15) is 4.79 Å². The van der Waals surface area contributed by atoms with E-state index in [2.05, 4.69) is 4.99 Å². The second kappa shape index (κ2) is 11.3. The molecule has 1 aliphatic rings. The first-order valence-corrected chi connectivity index (χ1v) is 11.1. The Bertz CT molecular complexity index is 1020. The second-order valence-corrected chi connectivity index (χ2v) is 8.03. The summed E-state index contributed by atoms with van der Waals surface area (Å²) in [5.41, 5.74) is 1.37. The second-order valence-electron chi connectivity index (χ2n) is 6.61. The van der Waals surface area contributed by atoms with Gasteiger partial charge in [0.15, 0.2) is 16.7 Å². The number of hydrogen-bond donors (Lipinski definition) is 0. The Balaban J connectivity index is 1.96. The van der Waals surface area contributed by atoms with E-state index in [1.165, 1.54) is 11.8 Å². The maximum atomic E-state index is 13.1. The van der Waals surface area contributed by atoms with E-state index in [4.69, 9.17) is 30.5 Å². The molecule has 0 bridgehead atoms. The SMILES string of the molecule is CCOc1cc(/C=C2\SC(=Nc3ccc(OC)cc3)N(CCOC)C2=O)c(Cl)cc1OC. The zero-order valence-electron chi connectivity index (χ0n) is 18.4. The first-order chi connectivity index (χ1) is 15.5. The summed E-state index contributed by atoms with van der Waals surface area (Å²) < 4.78 is 21.3. The van der Waals surface area contributed by atoms with E-state index in [0.717, 1.165) is 5.75 Å². The predicted octanol–water partition coefficient (Wildman–Crippen LogP) is 5.01. The average molecular weight is 477 g/mol. The van der Waals surface area contributed by atoms with Crippen molar-refractivity contribution < 1.29 is 23.7 Å². The number of amides is 1. The van der Waals surface area contributed by atoms with Gasteiger partial charge in [0.25, 0.3) is 5.91 Å². The van der Waals surface area contributed by atoms with Crippen LogP contribution < -0.4 is 14.2 Å². The van der Waals surface area contributed by atoms with Gasteiger partial charge in [-0.25, -0.2) is 4.99 Å². The zero-order chi connectivity index (χ0) is 23.1. The summed E-state index contributed by atoms with van der Waals surface area (Å²) in [5, 5.41) is 1.02. The van der Waals surface area contributed by atoms with Crippen molar-refractivity contribution in [2.24, 2.45) is 4.99 Å². The third kappa shape index (κ3) is 5.56. The number of carbonyl (C=O) groups excluding carboxylic acids is 1. The normalized spacial score (nSPS) is 16.2. The summed E-state index contributed by atoms with van der Waals surface area (Å²) in [4.78, 5) is 19.9. The molecule has 3 rings (SSSR count). The predicted molar refractivity (Wildman–Crippen MR) is 128 cm³/mol. The van der Waals surface area contributed by atoms with Crippen molar-refractivity contribution in [2.45, 2.75) is 6.92 Å². The van der Waals surface area contributed by atoms with Crippen molar-refractivity contribution in [2.75, 3.05) is 41.1 Å². The fraction of sp³-hybridized carbons (Fsp3) is 0.304. The Morgan fingerprint density at radius 2 is 1.84 bits per heavy atom. The number of ether oxygens (including phenoxy) is 4. The van der Waals surface area contributed by atoms with Gasteiger partial charge in [-0.05, 0) is 60.7 Å². The Morgan fingerprint density at radius 3 is 2.47 bits per heavy atom. The smallest absolute Gasteiger partial charge is 0.266 e. The summed E-state index contributed by atoms with van der Waals surface area (Å²) in [6.07, 6.45) is 1.74. The lowest BCUT2D eigenvalue weighted by Crippen LogP contribution is -2.32. The number of carbonyl (C=O) groups is 1. The molecule has 32 heavy (non-hydrogen) atoms. The molecule has 1 heterocycles. The molecule has 2 aromatic rings. The highest BCUT2D eigenvalue weighted by Gasteiger charge is 2.33. The summed E-state index contributed by atoms with van der Waals surface area (Å²) in [6.45, 7) is 3.14. The standard InChI is InChI=1S/C23H25ClN2O5S/c1-5-31-20-12-15(18(24)14-19(20)30-4)13-21-22(27)26(10-11-28-2)23(32-21)25-16-6-8-17(29-3)9-7-16/h6-9,12-14H,5,10-11H2,1-4H3/b21-13-,25-23?. The molecular weight excluding hydrogens is 452 g/mol. The molecule has 1 amide bonds. The number of aliphatic imine (C=N–C) groups is 1. The first-order valence-electron chi connectivity index (χ1n) is 9.94. The van der Waals surface area contributed by atoms with Gasteiger partial charge in [-0.15, -0.1) is 0 Å². The molecular formula is C23H25ClN2O5S. The number of hydrogen-bond acceptors (Lipinski definition) is 7. The van der Waals surface area contributed by atoms with Gasteiger partial charge in [0.2, 0.25) is 0 Å². The zero-order valence-corrected chi connectivity index (χ0v) is 20.0. The van der Waals surface area contributed by atoms with Crippen molar-refractivity contribution >= 4 is 46.2 Å². The van der Waals surface area contributed by atoms with Gasteiger partial charge in [0.05, 0.1) is 49.6 Å². The number of nitrogens with zero attached hydrogens (tertiary/aromatic N) is 2. The summed E-state index contributed by atoms with van der Waals surface area (Å²) in [5.74, 6) is 1.67. The highest BCUT2D eigenvalue weighted by atomic mass is 35.5. The number of benzene rings is 2. The lowest BCUT2D eigenvalue weighted by atomic mass is 10.1. The Hall–Kier alpha value is -2.68. The van der Waals surface area contributed by atoms with Crippen LogP contribution in [-0.4, -0.2) is 57.1 Å². The van der Waals surface area contributed by atoms with Gasteiger partial charge in [-0.3, -0.25) is 9.69 Å². The van der Waals surface area contributed by atoms with Crippen LogP contribution >= 0.6 is 23.4 Å². The molecule has 0 radical (unpaired) electrons. The highest BCUT2D eigenvalue weighted by molar-refractivity contribution is 8.18. The molecule has 0 saturated carbocycles. The average Bonchev–Trinajstić information content (AvgIpc) is 3.08. The van der Waals surface area contributed by atoms with E-state index in [1.54, 1.807) is 44.4 Å². The van der Waals surface area contributed by atoms with Gasteiger partial charge < -0.3 is 18.9 Å². The van der Waals surface area contributed by atoms with Crippen LogP contribution in [0.1, 0.15) is 12.5 Å². The minimum atomic E-state index is -0.163. The summed E-state index contributed by atoms with van der Waals surface area (Å²) in [7, 11) is 4.76. The number of amidine groups is 1. The van der Waals surface area contributed by atoms with E-state index < -0.39 is 0 Å². The van der Waals surface area contributed by atoms with Crippen LogP contribution in [0.15, 0.2) is 46.3 Å². The van der Waals surface area contributed by atoms with Crippen molar-refractivity contribution in [3.05, 3.63) is 51.9 Å². The van der Waals surface area contributed by atoms with Crippen LogP contribution in [0, 0.1) is 0 Å². The van der Waals surface area contributed by atoms with E-state index in [-0.39, 0.29) is 5.91 Å². The molecule has 170 valence electrons.